The fourth-order valence-corrected chi connectivity index (χ4v) is 0.979. The number of halogens is 10. The van der Waals surface area contributed by atoms with E-state index in [1.54, 1.807) is 0 Å². The van der Waals surface area contributed by atoms with Crippen LogP contribution in [0.1, 0.15) is 0 Å². The molecule has 130 valence electrons. The summed E-state index contributed by atoms with van der Waals surface area (Å²) >= 11 is 0. The van der Waals surface area contributed by atoms with Gasteiger partial charge in [0.2, 0.25) is 0 Å². The molecule has 0 aliphatic rings. The van der Waals surface area contributed by atoms with Gasteiger partial charge in [-0.2, -0.15) is 43.9 Å². The summed E-state index contributed by atoms with van der Waals surface area (Å²) in [4.78, 5) is 0. The Labute approximate surface area is 117 Å². The molecular formula is C10H8F10O2. The van der Waals surface area contributed by atoms with Crippen LogP contribution in [0.3, 0.4) is 0 Å². The van der Waals surface area contributed by atoms with Crippen molar-refractivity contribution >= 4 is 0 Å². The van der Waals surface area contributed by atoms with E-state index in [-0.39, 0.29) is 0 Å². The highest BCUT2D eigenvalue weighted by molar-refractivity contribution is 5.04. The lowest BCUT2D eigenvalue weighted by molar-refractivity contribution is -0.375. The summed E-state index contributed by atoms with van der Waals surface area (Å²) in [7, 11) is 0. The lowest BCUT2D eigenvalue weighted by Crippen LogP contribution is -2.64. The fraction of sp³-hybridized carbons (Fsp3) is 0.600. The van der Waals surface area contributed by atoms with Crippen LogP contribution in [0.15, 0.2) is 25.2 Å². The van der Waals surface area contributed by atoms with E-state index in [0.717, 1.165) is 0 Å². The molecule has 22 heavy (non-hydrogen) atoms. The van der Waals surface area contributed by atoms with Crippen LogP contribution in [0.2, 0.25) is 0 Å². The smallest absolute Gasteiger partial charge is 0.381 e. The summed E-state index contributed by atoms with van der Waals surface area (Å²) < 4.78 is 134. The first-order chi connectivity index (χ1) is 9.58. The van der Waals surface area contributed by atoms with Crippen molar-refractivity contribution in [3.8, 4) is 0 Å². The Kier molecular flexibility index (Phi) is 5.78. The van der Waals surface area contributed by atoms with Crippen molar-refractivity contribution in [1.82, 2.24) is 0 Å². The Morgan fingerprint density at radius 1 is 0.636 bits per heavy atom. The van der Waals surface area contributed by atoms with E-state index < -0.39 is 48.9 Å². The van der Waals surface area contributed by atoms with Crippen LogP contribution in [0.25, 0.3) is 0 Å². The SMILES string of the molecule is C=C(F)OCC(F)(F)C(F)(F)C(F)(F)C(F)(F)COC(=C)F. The standard InChI is InChI=1S/C10H8F10O2/c1-5(11)21-3-7(13,14)9(17,18)10(19,20)8(15,16)4-22-6(2)12/h1-4H2. The first-order valence-electron chi connectivity index (χ1n) is 5.04. The van der Waals surface area contributed by atoms with Crippen LogP contribution in [-0.4, -0.2) is 36.9 Å². The van der Waals surface area contributed by atoms with Crippen molar-refractivity contribution < 1.29 is 53.4 Å². The molecule has 0 aromatic rings. The molecule has 0 saturated heterocycles. The molecule has 0 atom stereocenters. The molecule has 0 amide bonds. The van der Waals surface area contributed by atoms with Gasteiger partial charge in [-0.1, -0.05) is 0 Å². The zero-order valence-electron chi connectivity index (χ0n) is 10.4. The van der Waals surface area contributed by atoms with Crippen molar-refractivity contribution in [2.24, 2.45) is 0 Å². The minimum absolute atomic E-state index is 2.03. The Balaban J connectivity index is 5.43. The van der Waals surface area contributed by atoms with Crippen LogP contribution in [0, 0.1) is 0 Å². The summed E-state index contributed by atoms with van der Waals surface area (Å²) in [6, 6.07) is -4.05. The van der Waals surface area contributed by atoms with Crippen molar-refractivity contribution in [3.05, 3.63) is 25.2 Å². The molecule has 0 saturated carbocycles. The summed E-state index contributed by atoms with van der Waals surface area (Å²) in [6.07, 6.45) is 0. The first kappa shape index (κ1) is 20.4. The van der Waals surface area contributed by atoms with Crippen molar-refractivity contribution in [3.63, 3.8) is 0 Å². The highest BCUT2D eigenvalue weighted by atomic mass is 19.4. The molecule has 0 fully saturated rings. The van der Waals surface area contributed by atoms with E-state index in [1.807, 2.05) is 0 Å². The highest BCUT2D eigenvalue weighted by Gasteiger charge is 2.81. The molecule has 0 radical (unpaired) electrons. The third kappa shape index (κ3) is 3.97. The Bertz CT molecular complexity index is 391. The van der Waals surface area contributed by atoms with E-state index in [0.29, 0.717) is 0 Å². The molecule has 0 heterocycles. The zero-order chi connectivity index (χ0) is 18.0. The van der Waals surface area contributed by atoms with Gasteiger partial charge in [0, 0.05) is 0 Å². The van der Waals surface area contributed by atoms with E-state index in [4.69, 9.17) is 0 Å². The van der Waals surface area contributed by atoms with Gasteiger partial charge in [0.1, 0.15) is 0 Å². The Hall–Kier alpha value is -1.62. The second-order valence-corrected chi connectivity index (χ2v) is 3.85. The van der Waals surface area contributed by atoms with Gasteiger partial charge in [-0.05, 0) is 13.2 Å². The average molecular weight is 350 g/mol. The average Bonchev–Trinajstić information content (AvgIpc) is 2.33. The molecule has 12 heteroatoms. The van der Waals surface area contributed by atoms with Crippen molar-refractivity contribution in [2.45, 2.75) is 23.7 Å². The Morgan fingerprint density at radius 3 is 1.05 bits per heavy atom. The maximum atomic E-state index is 13.1. The van der Waals surface area contributed by atoms with E-state index in [1.165, 1.54) is 0 Å². The molecule has 0 aliphatic heterocycles. The van der Waals surface area contributed by atoms with Crippen molar-refractivity contribution in [1.29, 1.82) is 0 Å². The second-order valence-electron chi connectivity index (χ2n) is 3.85. The lowest BCUT2D eigenvalue weighted by atomic mass is 9.99. The monoisotopic (exact) mass is 350 g/mol. The highest BCUT2D eigenvalue weighted by Crippen LogP contribution is 2.52. The zero-order valence-corrected chi connectivity index (χ0v) is 10.4. The molecule has 0 N–H and O–H groups in total. The van der Waals surface area contributed by atoms with Gasteiger partial charge < -0.3 is 9.47 Å². The topological polar surface area (TPSA) is 18.5 Å². The molecule has 0 bridgehead atoms. The van der Waals surface area contributed by atoms with Gasteiger partial charge in [0.25, 0.3) is 12.0 Å². The minimum atomic E-state index is -6.68. The summed E-state index contributed by atoms with van der Waals surface area (Å²) in [5, 5.41) is 0. The molecule has 0 spiro atoms. The van der Waals surface area contributed by atoms with Gasteiger partial charge in [-0.3, -0.25) is 0 Å². The maximum Gasteiger partial charge on any atom is 0.381 e. The summed E-state index contributed by atoms with van der Waals surface area (Å²) in [5.74, 6) is -25.2. The van der Waals surface area contributed by atoms with Gasteiger partial charge in [0.15, 0.2) is 13.2 Å². The largest absolute Gasteiger partial charge is 0.465 e. The molecular weight excluding hydrogens is 342 g/mol. The molecule has 0 aliphatic carbocycles. The predicted octanol–water partition coefficient (Wildman–Crippen LogP) is 4.44. The fourth-order valence-electron chi connectivity index (χ4n) is 0.979. The van der Waals surface area contributed by atoms with Crippen LogP contribution in [0.4, 0.5) is 43.9 Å². The minimum Gasteiger partial charge on any atom is -0.465 e. The van der Waals surface area contributed by atoms with Gasteiger partial charge in [-0.25, -0.2) is 0 Å². The third-order valence-corrected chi connectivity index (χ3v) is 2.13. The van der Waals surface area contributed by atoms with Crippen LogP contribution < -0.4 is 0 Å². The number of hydrogen-bond acceptors (Lipinski definition) is 2. The van der Waals surface area contributed by atoms with Crippen molar-refractivity contribution in [2.75, 3.05) is 13.2 Å². The summed E-state index contributed by atoms with van der Waals surface area (Å²) in [6.45, 7) is -0.914. The van der Waals surface area contributed by atoms with Gasteiger partial charge in [-0.15, -0.1) is 0 Å². The van der Waals surface area contributed by atoms with Crippen LogP contribution >= 0.6 is 0 Å². The second kappa shape index (κ2) is 6.24. The number of rotatable bonds is 9. The molecule has 0 aromatic heterocycles. The first-order valence-corrected chi connectivity index (χ1v) is 5.04. The van der Waals surface area contributed by atoms with Gasteiger partial charge in [0.05, 0.1) is 0 Å². The molecule has 0 unspecified atom stereocenters. The van der Waals surface area contributed by atoms with E-state index in [2.05, 4.69) is 22.6 Å². The molecule has 0 rings (SSSR count). The molecule has 0 aromatic carbocycles. The quantitative estimate of drug-likeness (QED) is 0.452. The van der Waals surface area contributed by atoms with Crippen LogP contribution in [0.5, 0.6) is 0 Å². The number of hydrogen-bond donors (Lipinski definition) is 0. The molecule has 2 nitrogen and oxygen atoms in total. The van der Waals surface area contributed by atoms with E-state index in [9.17, 15) is 43.9 Å². The normalized spacial score (nSPS) is 13.7. The number of ether oxygens (including phenoxy) is 2. The van der Waals surface area contributed by atoms with Crippen LogP contribution in [-0.2, 0) is 9.47 Å². The Morgan fingerprint density at radius 2 is 0.864 bits per heavy atom. The number of alkyl halides is 8. The maximum absolute atomic E-state index is 13.1. The van der Waals surface area contributed by atoms with Gasteiger partial charge >= 0.3 is 23.7 Å². The third-order valence-electron chi connectivity index (χ3n) is 2.13. The summed E-state index contributed by atoms with van der Waals surface area (Å²) in [5.41, 5.74) is 0. The van der Waals surface area contributed by atoms with E-state index >= 15 is 0 Å². The predicted molar refractivity (Wildman–Crippen MR) is 52.2 cm³/mol. The lowest BCUT2D eigenvalue weighted by Gasteiger charge is -2.36.